The fourth-order valence-corrected chi connectivity index (χ4v) is 1.14. The molecule has 1 atom stereocenters. The monoisotopic (exact) mass is 236 g/mol. The van der Waals surface area contributed by atoms with E-state index in [0.29, 0.717) is 6.92 Å². The molecular weight excluding hydrogens is 225 g/mol. The summed E-state index contributed by atoms with van der Waals surface area (Å²) in [6.07, 6.45) is -6.53. The minimum Gasteiger partial charge on any atom is -0.376 e. The molecular formula is C10H11F3O3. The Balaban J connectivity index is 3.07. The summed E-state index contributed by atoms with van der Waals surface area (Å²) in [6.45, 7) is 0.636. The number of aliphatic hydroxyl groups is 3. The second kappa shape index (κ2) is 4.04. The van der Waals surface area contributed by atoms with Crippen molar-refractivity contribution < 1.29 is 28.5 Å². The molecule has 1 unspecified atom stereocenters. The topological polar surface area (TPSA) is 60.7 Å². The van der Waals surface area contributed by atoms with E-state index in [1.165, 1.54) is 0 Å². The van der Waals surface area contributed by atoms with E-state index in [-0.39, 0.29) is 11.1 Å². The van der Waals surface area contributed by atoms with Crippen LogP contribution in [0.15, 0.2) is 24.3 Å². The molecule has 0 saturated carbocycles. The van der Waals surface area contributed by atoms with E-state index in [9.17, 15) is 18.3 Å². The van der Waals surface area contributed by atoms with Gasteiger partial charge in [-0.3, -0.25) is 0 Å². The third-order valence-corrected chi connectivity index (χ3v) is 2.32. The molecule has 90 valence electrons. The van der Waals surface area contributed by atoms with Crippen LogP contribution in [0.4, 0.5) is 13.2 Å². The summed E-state index contributed by atoms with van der Waals surface area (Å²) in [5.41, 5.74) is -3.25. The molecule has 1 rings (SSSR count). The van der Waals surface area contributed by atoms with Gasteiger partial charge >= 0.3 is 6.18 Å². The van der Waals surface area contributed by atoms with Crippen LogP contribution >= 0.6 is 0 Å². The molecule has 0 aliphatic carbocycles. The van der Waals surface area contributed by atoms with Crippen molar-refractivity contribution in [2.24, 2.45) is 0 Å². The van der Waals surface area contributed by atoms with E-state index >= 15 is 0 Å². The maximum Gasteiger partial charge on any atom is 0.421 e. The molecule has 1 aromatic carbocycles. The predicted molar refractivity (Wildman–Crippen MR) is 49.2 cm³/mol. The summed E-state index contributed by atoms with van der Waals surface area (Å²) in [6, 6.07) is 4.23. The van der Waals surface area contributed by atoms with Gasteiger partial charge in [-0.2, -0.15) is 13.2 Å². The van der Waals surface area contributed by atoms with Gasteiger partial charge in [0.2, 0.25) is 0 Å². The Morgan fingerprint density at radius 2 is 1.50 bits per heavy atom. The van der Waals surface area contributed by atoms with E-state index < -0.39 is 18.1 Å². The zero-order valence-corrected chi connectivity index (χ0v) is 8.36. The average molecular weight is 236 g/mol. The minimum absolute atomic E-state index is 0.0572. The van der Waals surface area contributed by atoms with E-state index in [1.54, 1.807) is 0 Å². The Kier molecular flexibility index (Phi) is 3.27. The summed E-state index contributed by atoms with van der Waals surface area (Å²) in [4.78, 5) is 0. The van der Waals surface area contributed by atoms with Gasteiger partial charge in [-0.25, -0.2) is 0 Å². The molecule has 0 aliphatic rings. The van der Waals surface area contributed by atoms with Gasteiger partial charge in [0.05, 0.1) is 0 Å². The van der Waals surface area contributed by atoms with E-state index in [1.807, 2.05) is 0 Å². The zero-order chi connectivity index (χ0) is 12.6. The molecule has 0 bridgehead atoms. The molecule has 0 amide bonds. The van der Waals surface area contributed by atoms with Gasteiger partial charge in [-0.15, -0.1) is 0 Å². The van der Waals surface area contributed by atoms with Crippen LogP contribution in [0.5, 0.6) is 0 Å². The first kappa shape index (κ1) is 13.0. The van der Waals surface area contributed by atoms with Crippen molar-refractivity contribution in [2.75, 3.05) is 0 Å². The van der Waals surface area contributed by atoms with Crippen LogP contribution < -0.4 is 0 Å². The lowest BCUT2D eigenvalue weighted by atomic mass is 9.94. The van der Waals surface area contributed by atoms with Crippen LogP contribution in [0.1, 0.15) is 24.3 Å². The normalized spacial score (nSPS) is 16.2. The number of benzene rings is 1. The van der Waals surface area contributed by atoms with Crippen LogP contribution in [0.2, 0.25) is 0 Å². The highest BCUT2D eigenvalue weighted by atomic mass is 19.4. The summed E-state index contributed by atoms with van der Waals surface area (Å²) >= 11 is 0. The quantitative estimate of drug-likeness (QED) is 0.681. The van der Waals surface area contributed by atoms with Crippen LogP contribution in [0.3, 0.4) is 0 Å². The molecule has 0 fully saturated rings. The number of alkyl halides is 3. The van der Waals surface area contributed by atoms with Crippen molar-refractivity contribution in [1.82, 2.24) is 0 Å². The SMILES string of the molecule is CC(O)(c1ccc(C(O)O)cc1)C(F)(F)F. The smallest absolute Gasteiger partial charge is 0.376 e. The minimum atomic E-state index is -4.79. The maximum absolute atomic E-state index is 12.4. The van der Waals surface area contributed by atoms with Gasteiger partial charge in [0.1, 0.15) is 0 Å². The van der Waals surface area contributed by atoms with E-state index in [0.717, 1.165) is 24.3 Å². The summed E-state index contributed by atoms with van der Waals surface area (Å²) < 4.78 is 37.3. The first-order chi connectivity index (χ1) is 7.16. The Bertz CT molecular complexity index is 355. The number of hydrogen-bond acceptors (Lipinski definition) is 3. The van der Waals surface area contributed by atoms with Crippen LogP contribution in [0, 0.1) is 0 Å². The third-order valence-electron chi connectivity index (χ3n) is 2.32. The maximum atomic E-state index is 12.4. The van der Waals surface area contributed by atoms with Gasteiger partial charge in [0.15, 0.2) is 11.9 Å². The summed E-state index contributed by atoms with van der Waals surface area (Å²) in [7, 11) is 0. The summed E-state index contributed by atoms with van der Waals surface area (Å²) in [5.74, 6) is 0. The molecule has 6 heteroatoms. The Morgan fingerprint density at radius 1 is 1.06 bits per heavy atom. The van der Waals surface area contributed by atoms with Crippen molar-refractivity contribution in [2.45, 2.75) is 25.0 Å². The van der Waals surface area contributed by atoms with Crippen molar-refractivity contribution in [3.8, 4) is 0 Å². The van der Waals surface area contributed by atoms with Gasteiger partial charge in [0.25, 0.3) is 0 Å². The standard InChI is InChI=1S/C10H11F3O3/c1-9(16,10(11,12)13)7-4-2-6(3-5-7)8(14)15/h2-5,8,14-16H,1H3. The highest BCUT2D eigenvalue weighted by Gasteiger charge is 2.51. The Labute approximate surface area is 89.8 Å². The molecule has 3 nitrogen and oxygen atoms in total. The molecule has 3 N–H and O–H groups in total. The van der Waals surface area contributed by atoms with E-state index in [2.05, 4.69) is 0 Å². The summed E-state index contributed by atoms with van der Waals surface area (Å²) in [5, 5.41) is 26.8. The number of aliphatic hydroxyl groups excluding tert-OH is 1. The van der Waals surface area contributed by atoms with Crippen molar-refractivity contribution in [3.63, 3.8) is 0 Å². The lowest BCUT2D eigenvalue weighted by molar-refractivity contribution is -0.258. The zero-order valence-electron chi connectivity index (χ0n) is 8.36. The van der Waals surface area contributed by atoms with Crippen molar-refractivity contribution in [1.29, 1.82) is 0 Å². The first-order valence-corrected chi connectivity index (χ1v) is 4.42. The molecule has 0 heterocycles. The van der Waals surface area contributed by atoms with Crippen molar-refractivity contribution in [3.05, 3.63) is 35.4 Å². The number of hydrogen-bond donors (Lipinski definition) is 3. The lowest BCUT2D eigenvalue weighted by Gasteiger charge is -2.26. The fourth-order valence-electron chi connectivity index (χ4n) is 1.14. The molecule has 0 aromatic heterocycles. The van der Waals surface area contributed by atoms with E-state index in [4.69, 9.17) is 10.2 Å². The fraction of sp³-hybridized carbons (Fsp3) is 0.400. The number of rotatable bonds is 2. The van der Waals surface area contributed by atoms with Crippen LogP contribution in [-0.4, -0.2) is 21.5 Å². The number of halogens is 3. The molecule has 0 aliphatic heterocycles. The molecule has 1 aromatic rings. The second-order valence-electron chi connectivity index (χ2n) is 3.57. The highest BCUT2D eigenvalue weighted by molar-refractivity contribution is 5.28. The lowest BCUT2D eigenvalue weighted by Crippen LogP contribution is -2.39. The predicted octanol–water partition coefficient (Wildman–Crippen LogP) is 1.44. The molecule has 0 saturated heterocycles. The Morgan fingerprint density at radius 3 is 1.81 bits per heavy atom. The van der Waals surface area contributed by atoms with Crippen LogP contribution in [-0.2, 0) is 5.60 Å². The molecule has 0 spiro atoms. The van der Waals surface area contributed by atoms with Gasteiger partial charge < -0.3 is 15.3 Å². The molecule has 0 radical (unpaired) electrons. The molecule has 16 heavy (non-hydrogen) atoms. The average Bonchev–Trinajstić information content (AvgIpc) is 2.16. The third kappa shape index (κ3) is 2.34. The van der Waals surface area contributed by atoms with Gasteiger partial charge in [0, 0.05) is 5.56 Å². The first-order valence-electron chi connectivity index (χ1n) is 4.42. The Hall–Kier alpha value is -1.11. The van der Waals surface area contributed by atoms with Crippen LogP contribution in [0.25, 0.3) is 0 Å². The van der Waals surface area contributed by atoms with Crippen molar-refractivity contribution >= 4 is 0 Å². The second-order valence-corrected chi connectivity index (χ2v) is 3.57. The highest BCUT2D eigenvalue weighted by Crippen LogP contribution is 2.38. The van der Waals surface area contributed by atoms with Gasteiger partial charge in [-0.1, -0.05) is 24.3 Å². The van der Waals surface area contributed by atoms with Gasteiger partial charge in [-0.05, 0) is 12.5 Å². The largest absolute Gasteiger partial charge is 0.421 e.